The van der Waals surface area contributed by atoms with Gasteiger partial charge in [-0.15, -0.1) is 0 Å². The Morgan fingerprint density at radius 2 is 2.00 bits per heavy atom. The molecular formula is C8H20N4. The van der Waals surface area contributed by atoms with Gasteiger partial charge in [0, 0.05) is 13.1 Å². The lowest BCUT2D eigenvalue weighted by Crippen LogP contribution is -2.33. The van der Waals surface area contributed by atoms with Crippen LogP contribution < -0.4 is 16.8 Å². The van der Waals surface area contributed by atoms with Gasteiger partial charge in [-0.05, 0) is 12.0 Å². The maximum atomic E-state index is 5.24. The monoisotopic (exact) mass is 172 g/mol. The molecule has 5 N–H and O–H groups in total. The van der Waals surface area contributed by atoms with E-state index in [4.69, 9.17) is 11.5 Å². The molecule has 0 fully saturated rings. The average Bonchev–Trinajstić information content (AvgIpc) is 1.98. The molecule has 0 unspecified atom stereocenters. The molecule has 0 spiro atoms. The molecule has 0 aromatic rings. The summed E-state index contributed by atoms with van der Waals surface area (Å²) in [6, 6.07) is 0. The van der Waals surface area contributed by atoms with Crippen LogP contribution in [0.3, 0.4) is 0 Å². The van der Waals surface area contributed by atoms with Crippen molar-refractivity contribution in [3.8, 4) is 0 Å². The van der Waals surface area contributed by atoms with Crippen LogP contribution in [0, 0.1) is 5.41 Å². The van der Waals surface area contributed by atoms with Crippen LogP contribution in [-0.4, -0.2) is 25.6 Å². The Labute approximate surface area is 74.4 Å². The van der Waals surface area contributed by atoms with Crippen LogP contribution in [0.2, 0.25) is 0 Å². The van der Waals surface area contributed by atoms with Gasteiger partial charge in [-0.2, -0.15) is 0 Å². The summed E-state index contributed by atoms with van der Waals surface area (Å²) >= 11 is 0. The normalized spacial score (nSPS) is 11.2. The SMILES string of the molecule is CCNCC(C)(C)CN=C(N)N. The second-order valence-corrected chi connectivity index (χ2v) is 3.69. The Bertz CT molecular complexity index is 147. The summed E-state index contributed by atoms with van der Waals surface area (Å²) < 4.78 is 0. The first-order valence-corrected chi connectivity index (χ1v) is 4.24. The molecule has 0 aliphatic heterocycles. The van der Waals surface area contributed by atoms with Gasteiger partial charge in [-0.3, -0.25) is 4.99 Å². The Morgan fingerprint density at radius 3 is 2.42 bits per heavy atom. The predicted octanol–water partition coefficient (Wildman–Crippen LogP) is -0.104. The van der Waals surface area contributed by atoms with E-state index in [0.29, 0.717) is 6.54 Å². The molecule has 0 aliphatic rings. The first-order chi connectivity index (χ1) is 5.48. The van der Waals surface area contributed by atoms with Crippen molar-refractivity contribution in [1.29, 1.82) is 0 Å². The van der Waals surface area contributed by atoms with Crippen LogP contribution >= 0.6 is 0 Å². The van der Waals surface area contributed by atoms with Crippen molar-refractivity contribution in [2.45, 2.75) is 20.8 Å². The molecule has 0 bridgehead atoms. The lowest BCUT2D eigenvalue weighted by Gasteiger charge is -2.22. The molecule has 0 saturated carbocycles. The van der Waals surface area contributed by atoms with Crippen molar-refractivity contribution < 1.29 is 0 Å². The van der Waals surface area contributed by atoms with E-state index in [2.05, 4.69) is 31.1 Å². The zero-order valence-electron chi connectivity index (χ0n) is 8.22. The second-order valence-electron chi connectivity index (χ2n) is 3.69. The number of hydrogen-bond donors (Lipinski definition) is 3. The Balaban J connectivity index is 3.78. The molecule has 0 atom stereocenters. The van der Waals surface area contributed by atoms with Crippen molar-refractivity contribution in [3.63, 3.8) is 0 Å². The van der Waals surface area contributed by atoms with Gasteiger partial charge >= 0.3 is 0 Å². The third kappa shape index (κ3) is 5.97. The summed E-state index contributed by atoms with van der Waals surface area (Å²) in [5.74, 6) is 0.166. The maximum absolute atomic E-state index is 5.24. The maximum Gasteiger partial charge on any atom is 0.185 e. The second kappa shape index (κ2) is 4.98. The molecule has 4 nitrogen and oxygen atoms in total. The quantitative estimate of drug-likeness (QED) is 0.400. The Hall–Kier alpha value is -0.770. The van der Waals surface area contributed by atoms with E-state index < -0.39 is 0 Å². The minimum Gasteiger partial charge on any atom is -0.370 e. The van der Waals surface area contributed by atoms with Crippen LogP contribution in [0.15, 0.2) is 4.99 Å². The highest BCUT2D eigenvalue weighted by molar-refractivity contribution is 5.75. The van der Waals surface area contributed by atoms with Gasteiger partial charge in [-0.25, -0.2) is 0 Å². The van der Waals surface area contributed by atoms with E-state index in [-0.39, 0.29) is 11.4 Å². The van der Waals surface area contributed by atoms with E-state index in [0.717, 1.165) is 13.1 Å². The standard InChI is InChI=1S/C8H20N4/c1-4-11-5-8(2,3)6-12-7(9)10/h11H,4-6H2,1-3H3,(H4,9,10,12). The van der Waals surface area contributed by atoms with Gasteiger partial charge in [0.2, 0.25) is 0 Å². The van der Waals surface area contributed by atoms with E-state index in [9.17, 15) is 0 Å². The molecule has 0 saturated heterocycles. The van der Waals surface area contributed by atoms with E-state index in [1.165, 1.54) is 0 Å². The Kier molecular flexibility index (Phi) is 4.66. The molecule has 0 rings (SSSR count). The van der Waals surface area contributed by atoms with Gasteiger partial charge < -0.3 is 16.8 Å². The summed E-state index contributed by atoms with van der Waals surface area (Å²) in [5, 5.41) is 3.26. The number of nitrogens with one attached hydrogen (secondary N) is 1. The van der Waals surface area contributed by atoms with E-state index >= 15 is 0 Å². The molecule has 0 aromatic heterocycles. The number of nitrogens with two attached hydrogens (primary N) is 2. The highest BCUT2D eigenvalue weighted by Crippen LogP contribution is 2.13. The molecular weight excluding hydrogens is 152 g/mol. The van der Waals surface area contributed by atoms with Gasteiger partial charge in [0.05, 0.1) is 0 Å². The van der Waals surface area contributed by atoms with Crippen LogP contribution in [0.25, 0.3) is 0 Å². The van der Waals surface area contributed by atoms with Crippen LogP contribution in [0.1, 0.15) is 20.8 Å². The highest BCUT2D eigenvalue weighted by atomic mass is 15.0. The minimum absolute atomic E-state index is 0.125. The molecule has 0 radical (unpaired) electrons. The molecule has 0 aromatic carbocycles. The molecule has 12 heavy (non-hydrogen) atoms. The van der Waals surface area contributed by atoms with E-state index in [1.54, 1.807) is 0 Å². The molecule has 72 valence electrons. The number of guanidine groups is 1. The fourth-order valence-corrected chi connectivity index (χ4v) is 0.825. The Morgan fingerprint density at radius 1 is 1.42 bits per heavy atom. The van der Waals surface area contributed by atoms with Crippen molar-refractivity contribution in [2.75, 3.05) is 19.6 Å². The van der Waals surface area contributed by atoms with Crippen molar-refractivity contribution in [3.05, 3.63) is 0 Å². The first kappa shape index (κ1) is 11.2. The summed E-state index contributed by atoms with van der Waals surface area (Å²) in [4.78, 5) is 3.98. The van der Waals surface area contributed by atoms with Gasteiger partial charge in [0.25, 0.3) is 0 Å². The van der Waals surface area contributed by atoms with Crippen molar-refractivity contribution in [2.24, 2.45) is 21.9 Å². The lowest BCUT2D eigenvalue weighted by molar-refractivity contribution is 0.357. The summed E-state index contributed by atoms with van der Waals surface area (Å²) in [6.45, 7) is 8.91. The zero-order chi connectivity index (χ0) is 9.61. The highest BCUT2D eigenvalue weighted by Gasteiger charge is 2.15. The number of aliphatic imine (C=N–C) groups is 1. The average molecular weight is 172 g/mol. The fourth-order valence-electron chi connectivity index (χ4n) is 0.825. The number of nitrogens with zero attached hydrogens (tertiary/aromatic N) is 1. The van der Waals surface area contributed by atoms with Crippen LogP contribution in [-0.2, 0) is 0 Å². The third-order valence-corrected chi connectivity index (χ3v) is 1.54. The molecule has 0 aliphatic carbocycles. The summed E-state index contributed by atoms with van der Waals surface area (Å²) in [6.07, 6.45) is 0. The minimum atomic E-state index is 0.125. The lowest BCUT2D eigenvalue weighted by atomic mass is 9.94. The molecule has 0 heterocycles. The predicted molar refractivity (Wildman–Crippen MR) is 53.0 cm³/mol. The first-order valence-electron chi connectivity index (χ1n) is 4.24. The van der Waals surface area contributed by atoms with E-state index in [1.807, 2.05) is 0 Å². The van der Waals surface area contributed by atoms with Gasteiger partial charge in [0.15, 0.2) is 5.96 Å². The van der Waals surface area contributed by atoms with Crippen LogP contribution in [0.5, 0.6) is 0 Å². The topological polar surface area (TPSA) is 76.4 Å². The smallest absolute Gasteiger partial charge is 0.185 e. The van der Waals surface area contributed by atoms with Gasteiger partial charge in [0.1, 0.15) is 0 Å². The third-order valence-electron chi connectivity index (χ3n) is 1.54. The summed E-state index contributed by atoms with van der Waals surface area (Å²) in [5.41, 5.74) is 10.6. The van der Waals surface area contributed by atoms with Crippen molar-refractivity contribution >= 4 is 5.96 Å². The molecule has 0 amide bonds. The largest absolute Gasteiger partial charge is 0.370 e. The van der Waals surface area contributed by atoms with Crippen LogP contribution in [0.4, 0.5) is 0 Å². The molecule has 4 heteroatoms. The fraction of sp³-hybridized carbons (Fsp3) is 0.875. The summed E-state index contributed by atoms with van der Waals surface area (Å²) in [7, 11) is 0. The number of hydrogen-bond acceptors (Lipinski definition) is 2. The van der Waals surface area contributed by atoms with Crippen molar-refractivity contribution in [1.82, 2.24) is 5.32 Å². The number of rotatable bonds is 5. The van der Waals surface area contributed by atoms with Gasteiger partial charge in [-0.1, -0.05) is 20.8 Å². The zero-order valence-corrected chi connectivity index (χ0v) is 8.22.